The van der Waals surface area contributed by atoms with Crippen molar-refractivity contribution < 1.29 is 22.4 Å². The van der Waals surface area contributed by atoms with Gasteiger partial charge in [0.25, 0.3) is 4.74 Å². The molecule has 0 spiro atoms. The predicted molar refractivity (Wildman–Crippen MR) is 134 cm³/mol. The van der Waals surface area contributed by atoms with Gasteiger partial charge in [-0.15, -0.1) is 0 Å². The Morgan fingerprint density at radius 3 is 2.30 bits per heavy atom. The van der Waals surface area contributed by atoms with Gasteiger partial charge >= 0.3 is 8.80 Å². The van der Waals surface area contributed by atoms with Crippen LogP contribution in [-0.4, -0.2) is 35.2 Å². The Hall–Kier alpha value is -1.32. The molecule has 1 saturated carbocycles. The zero-order valence-corrected chi connectivity index (χ0v) is 21.9. The van der Waals surface area contributed by atoms with Crippen LogP contribution in [0.1, 0.15) is 77.2 Å². The summed E-state index contributed by atoms with van der Waals surface area (Å²) < 4.78 is 38.7. The molecule has 0 bridgehead atoms. The molecule has 0 radical (unpaired) electrons. The van der Waals surface area contributed by atoms with Gasteiger partial charge in [0.05, 0.1) is 6.61 Å². The maximum absolute atomic E-state index is 14.7. The minimum Gasteiger partial charge on any atom is -0.494 e. The lowest BCUT2D eigenvalue weighted by atomic mass is 9.95. The van der Waals surface area contributed by atoms with E-state index in [9.17, 15) is 9.18 Å². The molecule has 1 aromatic heterocycles. The first kappa shape index (κ1) is 26.3. The van der Waals surface area contributed by atoms with E-state index < -0.39 is 19.4 Å². The van der Waals surface area contributed by atoms with Gasteiger partial charge in [-0.2, -0.15) is 0 Å². The van der Waals surface area contributed by atoms with Crippen LogP contribution < -0.4 is 9.48 Å². The number of benzene rings is 1. The molecular weight excluding hydrogens is 459 g/mol. The number of rotatable bonds is 14. The largest absolute Gasteiger partial charge is 0.500 e. The lowest BCUT2D eigenvalue weighted by Gasteiger charge is -2.28. The number of fused-ring (bicyclic) bond motifs is 1. The van der Waals surface area contributed by atoms with Crippen molar-refractivity contribution in [1.82, 2.24) is 0 Å². The highest BCUT2D eigenvalue weighted by Gasteiger charge is 2.39. The summed E-state index contributed by atoms with van der Waals surface area (Å²) in [5, 5.41) is 0.862. The molecule has 0 N–H and O–H groups in total. The Bertz CT molecular complexity index is 927. The molecule has 0 amide bonds. The van der Waals surface area contributed by atoms with Gasteiger partial charge in [0.1, 0.15) is 5.75 Å². The molecule has 33 heavy (non-hydrogen) atoms. The normalized spacial score (nSPS) is 14.9. The predicted octanol–water partition coefficient (Wildman–Crippen LogP) is 6.66. The fraction of sp³-hybridized carbons (Fsp3) is 0.640. The second-order valence-corrected chi connectivity index (χ2v) is 12.1. The van der Waals surface area contributed by atoms with E-state index >= 15 is 0 Å². The summed E-state index contributed by atoms with van der Waals surface area (Å²) in [5.41, 5.74) is 0.614. The van der Waals surface area contributed by atoms with Gasteiger partial charge in [-0.3, -0.25) is 4.79 Å². The van der Waals surface area contributed by atoms with E-state index in [1.165, 1.54) is 0 Å². The first-order valence-corrected chi connectivity index (χ1v) is 15.1. The van der Waals surface area contributed by atoms with Gasteiger partial charge < -0.3 is 18.0 Å². The van der Waals surface area contributed by atoms with Gasteiger partial charge in [0.15, 0.2) is 5.82 Å². The first-order chi connectivity index (χ1) is 16.0. The topological polar surface area (TPSA) is 54.0 Å². The van der Waals surface area contributed by atoms with Gasteiger partial charge in [-0.25, -0.2) is 4.39 Å². The van der Waals surface area contributed by atoms with Crippen molar-refractivity contribution in [2.75, 3.05) is 26.4 Å². The van der Waals surface area contributed by atoms with Crippen LogP contribution in [0, 0.1) is 5.82 Å². The van der Waals surface area contributed by atoms with E-state index in [4.69, 9.17) is 18.0 Å². The van der Waals surface area contributed by atoms with E-state index in [0.29, 0.717) is 32.0 Å². The van der Waals surface area contributed by atoms with Gasteiger partial charge in [-0.05, 0) is 76.0 Å². The van der Waals surface area contributed by atoms with Gasteiger partial charge in [0.2, 0.25) is 0 Å². The maximum Gasteiger partial charge on any atom is 0.500 e. The average molecular weight is 497 g/mol. The summed E-state index contributed by atoms with van der Waals surface area (Å²) in [6.07, 6.45) is 6.96. The summed E-state index contributed by atoms with van der Waals surface area (Å²) in [5.74, 6) is 0.323. The Morgan fingerprint density at radius 2 is 1.67 bits per heavy atom. The number of ether oxygens (including phenoxy) is 1. The third-order valence-corrected chi connectivity index (χ3v) is 10.2. The molecule has 5 nitrogen and oxygen atoms in total. The van der Waals surface area contributed by atoms with Crippen LogP contribution in [0.3, 0.4) is 0 Å². The van der Waals surface area contributed by atoms with Crippen molar-refractivity contribution in [1.29, 1.82) is 0 Å². The maximum atomic E-state index is 14.7. The number of halogens is 1. The average Bonchev–Trinajstić information content (AvgIpc) is 3.32. The van der Waals surface area contributed by atoms with Crippen molar-refractivity contribution in [3.05, 3.63) is 39.1 Å². The fourth-order valence-corrected chi connectivity index (χ4v) is 8.25. The standard InChI is InChI=1S/C25H37FO5SSi/c1-4-29-33(30-5-2,31-6-3)17-11-7-10-16-28-20-14-15-21-22(18-20)32-25(27)24(26)23(21)19-12-8-9-13-19/h14-15,18-19H,4-13,16-17H2,1-3H3. The quantitative estimate of drug-likeness (QED) is 0.216. The molecule has 1 aromatic carbocycles. The molecule has 1 heterocycles. The summed E-state index contributed by atoms with van der Waals surface area (Å²) in [7, 11) is -2.58. The SMILES string of the molecule is CCO[Si](CCCCCOc1ccc2c(C3CCCC3)c(F)c(=O)sc2c1)(OCC)OCC. The van der Waals surface area contributed by atoms with Crippen LogP contribution in [0.4, 0.5) is 4.39 Å². The van der Waals surface area contributed by atoms with Crippen molar-refractivity contribution in [2.24, 2.45) is 0 Å². The molecule has 0 aliphatic heterocycles. The first-order valence-electron chi connectivity index (χ1n) is 12.3. The third-order valence-electron chi connectivity index (χ3n) is 6.11. The van der Waals surface area contributed by atoms with Crippen molar-refractivity contribution in [3.63, 3.8) is 0 Å². The van der Waals surface area contributed by atoms with E-state index in [0.717, 1.165) is 78.2 Å². The Labute approximate surface area is 201 Å². The zero-order valence-electron chi connectivity index (χ0n) is 20.1. The van der Waals surface area contributed by atoms with Gasteiger partial charge in [-0.1, -0.05) is 30.6 Å². The smallest absolute Gasteiger partial charge is 0.494 e. The molecule has 0 saturated heterocycles. The molecule has 1 aliphatic rings. The second kappa shape index (κ2) is 12.9. The summed E-state index contributed by atoms with van der Waals surface area (Å²) in [6, 6.07) is 6.51. The molecule has 8 heteroatoms. The number of hydrogen-bond donors (Lipinski definition) is 0. The molecule has 1 fully saturated rings. The van der Waals surface area contributed by atoms with Gasteiger partial charge in [0, 0.05) is 36.1 Å². The van der Waals surface area contributed by atoms with Crippen LogP contribution in [0.25, 0.3) is 10.1 Å². The minimum absolute atomic E-state index is 0.154. The minimum atomic E-state index is -2.58. The third kappa shape index (κ3) is 6.85. The van der Waals surface area contributed by atoms with Crippen LogP contribution in [0.15, 0.2) is 23.0 Å². The van der Waals surface area contributed by atoms with E-state index in [2.05, 4.69) is 0 Å². The summed E-state index contributed by atoms with van der Waals surface area (Å²) >= 11 is 0.972. The fourth-order valence-electron chi connectivity index (χ4n) is 4.70. The van der Waals surface area contributed by atoms with Crippen LogP contribution >= 0.6 is 11.3 Å². The molecule has 184 valence electrons. The Kier molecular flexibility index (Phi) is 10.3. The molecular formula is C25H37FO5SSi. The molecule has 3 rings (SSSR count). The Morgan fingerprint density at radius 1 is 1.00 bits per heavy atom. The van der Waals surface area contributed by atoms with Crippen LogP contribution in [0.2, 0.25) is 6.04 Å². The van der Waals surface area contributed by atoms with E-state index in [1.807, 2.05) is 39.0 Å². The highest BCUT2D eigenvalue weighted by Crippen LogP contribution is 2.39. The molecule has 0 unspecified atom stereocenters. The summed E-state index contributed by atoms with van der Waals surface area (Å²) in [4.78, 5) is 12.3. The Balaban J connectivity index is 1.55. The van der Waals surface area contributed by atoms with E-state index in [1.54, 1.807) is 0 Å². The lowest BCUT2D eigenvalue weighted by Crippen LogP contribution is -2.45. The number of hydrogen-bond acceptors (Lipinski definition) is 6. The van der Waals surface area contributed by atoms with Crippen LogP contribution in [-0.2, 0) is 13.3 Å². The highest BCUT2D eigenvalue weighted by molar-refractivity contribution is 7.16. The van der Waals surface area contributed by atoms with Crippen molar-refractivity contribution in [3.8, 4) is 5.75 Å². The van der Waals surface area contributed by atoms with E-state index in [-0.39, 0.29) is 5.92 Å². The van der Waals surface area contributed by atoms with Crippen LogP contribution in [0.5, 0.6) is 5.75 Å². The monoisotopic (exact) mass is 496 g/mol. The zero-order chi connectivity index (χ0) is 23.7. The molecule has 1 aliphatic carbocycles. The molecule has 0 atom stereocenters. The highest BCUT2D eigenvalue weighted by atomic mass is 32.1. The second-order valence-electron chi connectivity index (χ2n) is 8.40. The van der Waals surface area contributed by atoms with Crippen molar-refractivity contribution in [2.45, 2.75) is 77.7 Å². The lowest BCUT2D eigenvalue weighted by molar-refractivity contribution is 0.0705. The summed E-state index contributed by atoms with van der Waals surface area (Å²) in [6.45, 7) is 8.28. The van der Waals surface area contributed by atoms with Crippen molar-refractivity contribution >= 4 is 30.2 Å². The number of unbranched alkanes of at least 4 members (excludes halogenated alkanes) is 2. The molecule has 2 aromatic rings.